The van der Waals surface area contributed by atoms with Crippen LogP contribution in [0.2, 0.25) is 0 Å². The van der Waals surface area contributed by atoms with Crippen LogP contribution in [0.4, 0.5) is 5.69 Å². The van der Waals surface area contributed by atoms with Crippen LogP contribution in [0, 0.1) is 0 Å². The van der Waals surface area contributed by atoms with Crippen LogP contribution < -0.4 is 4.90 Å². The summed E-state index contributed by atoms with van der Waals surface area (Å²) in [5.41, 5.74) is 2.04. The number of amides is 2. The van der Waals surface area contributed by atoms with Gasteiger partial charge in [-0.2, -0.15) is 0 Å². The van der Waals surface area contributed by atoms with Crippen molar-refractivity contribution in [3.05, 3.63) is 65.7 Å². The van der Waals surface area contributed by atoms with E-state index in [2.05, 4.69) is 0 Å². The minimum atomic E-state index is -0.872. The number of likely N-dealkylation sites (N-methyl/N-ethyl adjacent to an activating group) is 1. The van der Waals surface area contributed by atoms with Gasteiger partial charge in [0.25, 0.3) is 0 Å². The molecule has 2 heterocycles. The SMILES string of the molecule is CN1C(=O)C(CC(=O)N(C)C2CCOCC2)(Cc2ccccc2)c2ccccc21. The van der Waals surface area contributed by atoms with Gasteiger partial charge in [0.05, 0.1) is 5.41 Å². The van der Waals surface area contributed by atoms with Crippen molar-refractivity contribution in [3.8, 4) is 0 Å². The van der Waals surface area contributed by atoms with E-state index in [0.29, 0.717) is 19.6 Å². The topological polar surface area (TPSA) is 49.9 Å². The number of carbonyl (C=O) groups is 2. The average Bonchev–Trinajstić information content (AvgIpc) is 2.97. The lowest BCUT2D eigenvalue weighted by Crippen LogP contribution is -2.47. The molecular formula is C24H28N2O3. The Labute approximate surface area is 172 Å². The van der Waals surface area contributed by atoms with E-state index in [4.69, 9.17) is 4.74 Å². The van der Waals surface area contributed by atoms with Crippen LogP contribution in [-0.2, 0) is 26.2 Å². The third-order valence-electron chi connectivity index (χ3n) is 6.43. The summed E-state index contributed by atoms with van der Waals surface area (Å²) in [5, 5.41) is 0. The third kappa shape index (κ3) is 3.55. The van der Waals surface area contributed by atoms with Crippen LogP contribution in [0.25, 0.3) is 0 Å². The molecule has 2 aliphatic rings. The Hall–Kier alpha value is -2.66. The summed E-state index contributed by atoms with van der Waals surface area (Å²) in [6.07, 6.45) is 2.38. The van der Waals surface area contributed by atoms with Gasteiger partial charge in [-0.15, -0.1) is 0 Å². The molecule has 1 atom stereocenters. The molecule has 152 valence electrons. The van der Waals surface area contributed by atoms with E-state index in [1.807, 2.05) is 66.5 Å². The molecule has 2 aromatic carbocycles. The Bertz CT molecular complexity index is 892. The number of hydrogen-bond donors (Lipinski definition) is 0. The van der Waals surface area contributed by atoms with Gasteiger partial charge in [0.2, 0.25) is 11.8 Å². The highest BCUT2D eigenvalue weighted by Crippen LogP contribution is 2.45. The monoisotopic (exact) mass is 392 g/mol. The fraction of sp³-hybridized carbons (Fsp3) is 0.417. The van der Waals surface area contributed by atoms with Gasteiger partial charge in [-0.25, -0.2) is 0 Å². The first-order chi connectivity index (χ1) is 14.0. The minimum Gasteiger partial charge on any atom is -0.381 e. The lowest BCUT2D eigenvalue weighted by molar-refractivity contribution is -0.138. The number of fused-ring (bicyclic) bond motifs is 1. The Balaban J connectivity index is 1.70. The van der Waals surface area contributed by atoms with E-state index in [1.54, 1.807) is 11.9 Å². The minimum absolute atomic E-state index is 0.00344. The van der Waals surface area contributed by atoms with E-state index < -0.39 is 5.41 Å². The third-order valence-corrected chi connectivity index (χ3v) is 6.43. The first-order valence-corrected chi connectivity index (χ1v) is 10.3. The van der Waals surface area contributed by atoms with Gasteiger partial charge in [-0.3, -0.25) is 9.59 Å². The van der Waals surface area contributed by atoms with Crippen LogP contribution in [-0.4, -0.2) is 50.1 Å². The van der Waals surface area contributed by atoms with Crippen LogP contribution in [0.3, 0.4) is 0 Å². The molecule has 0 saturated carbocycles. The molecule has 1 unspecified atom stereocenters. The van der Waals surface area contributed by atoms with Crippen molar-refractivity contribution in [2.75, 3.05) is 32.2 Å². The van der Waals surface area contributed by atoms with E-state index in [0.717, 1.165) is 29.7 Å². The molecule has 5 nitrogen and oxygen atoms in total. The number of anilines is 1. The second-order valence-electron chi connectivity index (χ2n) is 8.15. The number of carbonyl (C=O) groups excluding carboxylic acids is 2. The van der Waals surface area contributed by atoms with Gasteiger partial charge >= 0.3 is 0 Å². The van der Waals surface area contributed by atoms with Crippen molar-refractivity contribution in [1.82, 2.24) is 4.90 Å². The maximum Gasteiger partial charge on any atom is 0.238 e. The predicted molar refractivity (Wildman–Crippen MR) is 113 cm³/mol. The van der Waals surface area contributed by atoms with Crippen molar-refractivity contribution in [2.24, 2.45) is 0 Å². The van der Waals surface area contributed by atoms with Crippen LogP contribution in [0.5, 0.6) is 0 Å². The van der Waals surface area contributed by atoms with Crippen molar-refractivity contribution in [3.63, 3.8) is 0 Å². The van der Waals surface area contributed by atoms with Crippen LogP contribution in [0.15, 0.2) is 54.6 Å². The molecule has 29 heavy (non-hydrogen) atoms. The van der Waals surface area contributed by atoms with E-state index in [1.165, 1.54) is 0 Å². The zero-order chi connectivity index (χ0) is 20.4. The average molecular weight is 392 g/mol. The predicted octanol–water partition coefficient (Wildman–Crippen LogP) is 3.17. The first-order valence-electron chi connectivity index (χ1n) is 10.3. The number of benzene rings is 2. The molecule has 0 bridgehead atoms. The fourth-order valence-corrected chi connectivity index (χ4v) is 4.72. The Kier molecular flexibility index (Phi) is 5.41. The fourth-order valence-electron chi connectivity index (χ4n) is 4.72. The molecule has 1 fully saturated rings. The van der Waals surface area contributed by atoms with E-state index >= 15 is 0 Å². The number of hydrogen-bond acceptors (Lipinski definition) is 3. The van der Waals surface area contributed by atoms with Gasteiger partial charge < -0.3 is 14.5 Å². The molecule has 2 amide bonds. The highest BCUT2D eigenvalue weighted by Gasteiger charge is 2.51. The number of ether oxygens (including phenoxy) is 1. The molecule has 0 radical (unpaired) electrons. The van der Waals surface area contributed by atoms with E-state index in [-0.39, 0.29) is 24.3 Å². The Morgan fingerprint density at radius 1 is 1.10 bits per heavy atom. The van der Waals surface area contributed by atoms with Crippen LogP contribution in [0.1, 0.15) is 30.4 Å². The standard InChI is InChI=1S/C24H28N2O3/c1-25(19-12-14-29-15-13-19)22(27)17-24(16-18-8-4-3-5-9-18)20-10-6-7-11-21(20)26(2)23(24)28/h3-11,19H,12-17H2,1-2H3. The van der Waals surface area contributed by atoms with Crippen LogP contribution >= 0.6 is 0 Å². The Morgan fingerprint density at radius 2 is 1.76 bits per heavy atom. The number of para-hydroxylation sites is 1. The lowest BCUT2D eigenvalue weighted by atomic mass is 9.73. The summed E-state index contributed by atoms with van der Waals surface area (Å²) >= 11 is 0. The summed E-state index contributed by atoms with van der Waals surface area (Å²) in [5.74, 6) is 0.0163. The summed E-state index contributed by atoms with van der Waals surface area (Å²) in [7, 11) is 3.67. The first kappa shape index (κ1) is 19.6. The molecule has 0 aliphatic carbocycles. The number of nitrogens with zero attached hydrogens (tertiary/aromatic N) is 2. The second kappa shape index (κ2) is 7.99. The number of rotatable bonds is 5. The van der Waals surface area contributed by atoms with Gasteiger partial charge in [-0.1, -0.05) is 48.5 Å². The van der Waals surface area contributed by atoms with Gasteiger partial charge in [-0.05, 0) is 36.5 Å². The maximum absolute atomic E-state index is 13.6. The maximum atomic E-state index is 13.6. The van der Waals surface area contributed by atoms with Crippen molar-refractivity contribution in [1.29, 1.82) is 0 Å². The van der Waals surface area contributed by atoms with Gasteiger partial charge in [0.1, 0.15) is 0 Å². The largest absolute Gasteiger partial charge is 0.381 e. The quantitative estimate of drug-likeness (QED) is 0.785. The molecule has 4 rings (SSSR count). The van der Waals surface area contributed by atoms with Gasteiger partial charge in [0.15, 0.2) is 0 Å². The second-order valence-corrected chi connectivity index (χ2v) is 8.15. The molecule has 5 heteroatoms. The molecular weight excluding hydrogens is 364 g/mol. The van der Waals surface area contributed by atoms with E-state index in [9.17, 15) is 9.59 Å². The molecule has 2 aliphatic heterocycles. The smallest absolute Gasteiger partial charge is 0.238 e. The molecule has 2 aromatic rings. The summed E-state index contributed by atoms with van der Waals surface area (Å²) in [6.45, 7) is 1.36. The molecule has 0 spiro atoms. The normalized spacial score (nSPS) is 21.9. The zero-order valence-electron chi connectivity index (χ0n) is 17.1. The zero-order valence-corrected chi connectivity index (χ0v) is 17.1. The Morgan fingerprint density at radius 3 is 2.48 bits per heavy atom. The van der Waals surface area contributed by atoms with Crippen molar-refractivity contribution < 1.29 is 14.3 Å². The summed E-state index contributed by atoms with van der Waals surface area (Å²) < 4.78 is 5.44. The molecule has 1 saturated heterocycles. The summed E-state index contributed by atoms with van der Waals surface area (Å²) in [4.78, 5) is 30.5. The summed E-state index contributed by atoms with van der Waals surface area (Å²) in [6, 6.07) is 18.0. The molecule has 0 N–H and O–H groups in total. The lowest BCUT2D eigenvalue weighted by Gasteiger charge is -2.35. The van der Waals surface area contributed by atoms with Gasteiger partial charge in [0, 0.05) is 45.5 Å². The highest BCUT2D eigenvalue weighted by atomic mass is 16.5. The van der Waals surface area contributed by atoms with Crippen molar-refractivity contribution in [2.45, 2.75) is 37.1 Å². The molecule has 0 aromatic heterocycles. The highest BCUT2D eigenvalue weighted by molar-refractivity contribution is 6.09. The van der Waals surface area contributed by atoms with Crippen molar-refractivity contribution >= 4 is 17.5 Å².